The monoisotopic (exact) mass is 285 g/mol. The Bertz CT molecular complexity index is 689. The van der Waals surface area contributed by atoms with Crippen molar-refractivity contribution in [2.24, 2.45) is 7.05 Å². The highest BCUT2D eigenvalue weighted by Gasteiger charge is 2.13. The molecule has 1 atom stereocenters. The number of hydrogen-bond acceptors (Lipinski definition) is 5. The van der Waals surface area contributed by atoms with Crippen molar-refractivity contribution in [2.45, 2.75) is 13.0 Å². The van der Waals surface area contributed by atoms with E-state index in [9.17, 15) is 0 Å². The Hall–Kier alpha value is -2.21. The van der Waals surface area contributed by atoms with Gasteiger partial charge in [0.1, 0.15) is 11.3 Å². The number of hydrogen-bond donors (Lipinski definition) is 1. The second kappa shape index (κ2) is 5.42. The summed E-state index contributed by atoms with van der Waals surface area (Å²) in [6.45, 7) is 2.10. The van der Waals surface area contributed by atoms with Crippen LogP contribution in [0, 0.1) is 0 Å². The van der Waals surface area contributed by atoms with Crippen molar-refractivity contribution >= 4 is 17.0 Å². The van der Waals surface area contributed by atoms with E-state index in [1.165, 1.54) is 0 Å². The molecule has 3 rings (SSSR count). The van der Waals surface area contributed by atoms with Gasteiger partial charge in [0.15, 0.2) is 5.82 Å². The highest BCUT2D eigenvalue weighted by Crippen LogP contribution is 2.29. The zero-order valence-electron chi connectivity index (χ0n) is 11.3. The van der Waals surface area contributed by atoms with Crippen molar-refractivity contribution in [1.82, 2.24) is 19.7 Å². The molecule has 0 amide bonds. The van der Waals surface area contributed by atoms with Crippen molar-refractivity contribution in [3.63, 3.8) is 0 Å². The summed E-state index contributed by atoms with van der Waals surface area (Å²) >= 11 is 1.65. The average molecular weight is 285 g/mol. The minimum Gasteiger partial charge on any atom is -0.375 e. The molecule has 0 spiro atoms. The maximum atomic E-state index is 4.35. The smallest absolute Gasteiger partial charge is 0.165 e. The molecule has 0 saturated carbocycles. The van der Waals surface area contributed by atoms with E-state index in [4.69, 9.17) is 0 Å². The molecule has 3 aromatic rings. The fraction of sp³-hybridized carbons (Fsp3) is 0.214. The summed E-state index contributed by atoms with van der Waals surface area (Å²) in [6.07, 6.45) is 3.53. The van der Waals surface area contributed by atoms with Crippen LogP contribution in [0.5, 0.6) is 0 Å². The molecule has 0 fully saturated rings. The molecule has 0 bridgehead atoms. The van der Waals surface area contributed by atoms with Gasteiger partial charge in [-0.2, -0.15) is 0 Å². The van der Waals surface area contributed by atoms with Gasteiger partial charge < -0.3 is 9.88 Å². The molecule has 102 valence electrons. The number of nitrogens with zero attached hydrogens (tertiary/aromatic N) is 4. The van der Waals surface area contributed by atoms with Gasteiger partial charge >= 0.3 is 0 Å². The molecule has 0 aliphatic rings. The van der Waals surface area contributed by atoms with E-state index in [2.05, 4.69) is 27.4 Å². The van der Waals surface area contributed by atoms with E-state index < -0.39 is 0 Å². The summed E-state index contributed by atoms with van der Waals surface area (Å²) in [5.41, 5.74) is 2.07. The van der Waals surface area contributed by atoms with E-state index in [1.807, 2.05) is 47.5 Å². The number of rotatable bonds is 4. The molecule has 20 heavy (non-hydrogen) atoms. The van der Waals surface area contributed by atoms with Crippen molar-refractivity contribution in [1.29, 1.82) is 0 Å². The van der Waals surface area contributed by atoms with Crippen LogP contribution in [0.15, 0.2) is 42.2 Å². The Morgan fingerprint density at radius 3 is 2.85 bits per heavy atom. The summed E-state index contributed by atoms with van der Waals surface area (Å²) in [5.74, 6) is 0.847. The molecular formula is C14H15N5S. The Morgan fingerprint density at radius 1 is 1.30 bits per heavy atom. The molecular weight excluding hydrogens is 270 g/mol. The molecule has 0 radical (unpaired) electrons. The summed E-state index contributed by atoms with van der Waals surface area (Å²) in [4.78, 5) is 4.35. The normalized spacial score (nSPS) is 12.3. The van der Waals surface area contributed by atoms with Gasteiger partial charge in [0.2, 0.25) is 0 Å². The van der Waals surface area contributed by atoms with Crippen LogP contribution in [0.2, 0.25) is 0 Å². The van der Waals surface area contributed by atoms with Gasteiger partial charge in [-0.15, -0.1) is 21.5 Å². The van der Waals surface area contributed by atoms with Crippen molar-refractivity contribution in [2.75, 3.05) is 5.32 Å². The van der Waals surface area contributed by atoms with Gasteiger partial charge in [0.25, 0.3) is 0 Å². The van der Waals surface area contributed by atoms with Gasteiger partial charge in [0.05, 0.1) is 6.04 Å². The second-order valence-corrected chi connectivity index (χ2v) is 5.47. The molecule has 0 aliphatic heterocycles. The van der Waals surface area contributed by atoms with E-state index in [1.54, 1.807) is 17.7 Å². The number of nitrogens with one attached hydrogen (secondary N) is 1. The van der Waals surface area contributed by atoms with Crippen LogP contribution >= 0.6 is 11.3 Å². The summed E-state index contributed by atoms with van der Waals surface area (Å²) in [6, 6.07) is 8.26. The standard InChI is InChI=1S/C14H15N5S/c1-10(14-15-7-8-20-14)17-12-6-4-3-5-11(12)13-18-16-9-19(13)2/h3-10,17H,1-2H3. The highest BCUT2D eigenvalue weighted by atomic mass is 32.1. The topological polar surface area (TPSA) is 55.6 Å². The number of para-hydroxylation sites is 1. The first kappa shape index (κ1) is 12.8. The molecule has 1 unspecified atom stereocenters. The van der Waals surface area contributed by atoms with Crippen LogP contribution < -0.4 is 5.32 Å². The molecule has 5 nitrogen and oxygen atoms in total. The lowest BCUT2D eigenvalue weighted by Gasteiger charge is -2.16. The minimum absolute atomic E-state index is 0.157. The first-order valence-electron chi connectivity index (χ1n) is 6.35. The third-order valence-electron chi connectivity index (χ3n) is 3.07. The Kier molecular flexibility index (Phi) is 3.47. The predicted octanol–water partition coefficient (Wildman–Crippen LogP) is 3.11. The predicted molar refractivity (Wildman–Crippen MR) is 80.6 cm³/mol. The summed E-state index contributed by atoms with van der Waals surface area (Å²) in [7, 11) is 1.94. The quantitative estimate of drug-likeness (QED) is 0.800. The van der Waals surface area contributed by atoms with Crippen LogP contribution in [0.1, 0.15) is 18.0 Å². The number of benzene rings is 1. The maximum Gasteiger partial charge on any atom is 0.165 e. The number of anilines is 1. The van der Waals surface area contributed by atoms with Gasteiger partial charge in [-0.25, -0.2) is 4.98 Å². The molecule has 0 saturated heterocycles. The van der Waals surface area contributed by atoms with Gasteiger partial charge in [-0.3, -0.25) is 0 Å². The molecule has 0 aliphatic carbocycles. The van der Waals surface area contributed by atoms with E-state index in [0.717, 1.165) is 22.1 Å². The first-order valence-corrected chi connectivity index (χ1v) is 7.23. The van der Waals surface area contributed by atoms with Crippen LogP contribution in [-0.4, -0.2) is 19.7 Å². The minimum atomic E-state index is 0.157. The molecule has 1 N–H and O–H groups in total. The number of aromatic nitrogens is 4. The molecule has 1 aromatic carbocycles. The zero-order chi connectivity index (χ0) is 13.9. The zero-order valence-corrected chi connectivity index (χ0v) is 12.1. The first-order chi connectivity index (χ1) is 9.75. The van der Waals surface area contributed by atoms with Crippen molar-refractivity contribution in [3.05, 3.63) is 47.2 Å². The average Bonchev–Trinajstić information content (AvgIpc) is 3.10. The summed E-state index contributed by atoms with van der Waals surface area (Å²) in [5, 5.41) is 14.7. The molecule has 6 heteroatoms. The van der Waals surface area contributed by atoms with E-state index >= 15 is 0 Å². The van der Waals surface area contributed by atoms with Gasteiger partial charge in [0, 0.05) is 29.9 Å². The Balaban J connectivity index is 1.93. The second-order valence-electron chi connectivity index (χ2n) is 4.55. The van der Waals surface area contributed by atoms with E-state index in [0.29, 0.717) is 0 Å². The highest BCUT2D eigenvalue weighted by molar-refractivity contribution is 7.09. The maximum absolute atomic E-state index is 4.35. The Labute approximate surface area is 121 Å². The van der Waals surface area contributed by atoms with Crippen molar-refractivity contribution < 1.29 is 0 Å². The van der Waals surface area contributed by atoms with Crippen LogP contribution in [0.4, 0.5) is 5.69 Å². The van der Waals surface area contributed by atoms with Crippen molar-refractivity contribution in [3.8, 4) is 11.4 Å². The lowest BCUT2D eigenvalue weighted by atomic mass is 10.1. The lowest BCUT2D eigenvalue weighted by Crippen LogP contribution is -2.07. The van der Waals surface area contributed by atoms with Crippen LogP contribution in [0.3, 0.4) is 0 Å². The fourth-order valence-electron chi connectivity index (χ4n) is 2.07. The largest absolute Gasteiger partial charge is 0.375 e. The van der Waals surface area contributed by atoms with Gasteiger partial charge in [-0.05, 0) is 19.1 Å². The molecule has 2 heterocycles. The van der Waals surface area contributed by atoms with Gasteiger partial charge in [-0.1, -0.05) is 12.1 Å². The lowest BCUT2D eigenvalue weighted by molar-refractivity contribution is 0.868. The van der Waals surface area contributed by atoms with Crippen LogP contribution in [0.25, 0.3) is 11.4 Å². The SMILES string of the molecule is CC(Nc1ccccc1-c1nncn1C)c1nccs1. The third kappa shape index (κ3) is 2.42. The van der Waals surface area contributed by atoms with Crippen LogP contribution in [-0.2, 0) is 7.05 Å². The Morgan fingerprint density at radius 2 is 2.15 bits per heavy atom. The molecule has 2 aromatic heterocycles. The third-order valence-corrected chi connectivity index (χ3v) is 4.03. The fourth-order valence-corrected chi connectivity index (χ4v) is 2.72. The number of thiazole rings is 1. The number of aryl methyl sites for hydroxylation is 1. The summed E-state index contributed by atoms with van der Waals surface area (Å²) < 4.78 is 1.91. The van der Waals surface area contributed by atoms with E-state index in [-0.39, 0.29) is 6.04 Å².